The van der Waals surface area contributed by atoms with Crippen LogP contribution in [0.1, 0.15) is 24.1 Å². The van der Waals surface area contributed by atoms with Gasteiger partial charge in [-0.1, -0.05) is 0 Å². The molecule has 24 heavy (non-hydrogen) atoms. The lowest BCUT2D eigenvalue weighted by atomic mass is 9.97. The van der Waals surface area contributed by atoms with Crippen LogP contribution >= 0.6 is 0 Å². The molecule has 130 valence electrons. The Balaban J connectivity index is 1.38. The minimum absolute atomic E-state index is 0.790. The summed E-state index contributed by atoms with van der Waals surface area (Å²) in [7, 11) is 0. The fourth-order valence-electron chi connectivity index (χ4n) is 4.07. The van der Waals surface area contributed by atoms with Crippen LogP contribution in [0.15, 0.2) is 24.5 Å². The van der Waals surface area contributed by atoms with Crippen LogP contribution in [0.5, 0.6) is 0 Å². The predicted octanol–water partition coefficient (Wildman–Crippen LogP) is 2.19. The van der Waals surface area contributed by atoms with Crippen LogP contribution in [0.2, 0.25) is 0 Å². The SMILES string of the molecule is Cc1ccn2c(CN3CCC[C@@H](CN4CCOCC4)C3)cnc2c1. The minimum Gasteiger partial charge on any atom is -0.379 e. The van der Waals surface area contributed by atoms with Gasteiger partial charge in [-0.25, -0.2) is 4.98 Å². The molecule has 0 unspecified atom stereocenters. The maximum Gasteiger partial charge on any atom is 0.137 e. The van der Waals surface area contributed by atoms with Crippen LogP contribution in [0.25, 0.3) is 5.65 Å². The molecule has 5 nitrogen and oxygen atoms in total. The molecule has 0 N–H and O–H groups in total. The van der Waals surface area contributed by atoms with E-state index in [1.807, 2.05) is 6.20 Å². The molecule has 2 saturated heterocycles. The van der Waals surface area contributed by atoms with Crippen molar-refractivity contribution >= 4 is 5.65 Å². The summed E-state index contributed by atoms with van der Waals surface area (Å²) < 4.78 is 7.70. The quantitative estimate of drug-likeness (QED) is 0.861. The van der Waals surface area contributed by atoms with Gasteiger partial charge >= 0.3 is 0 Å². The zero-order valence-electron chi connectivity index (χ0n) is 14.7. The van der Waals surface area contributed by atoms with Gasteiger partial charge in [-0.2, -0.15) is 0 Å². The third-order valence-corrected chi connectivity index (χ3v) is 5.35. The molecule has 4 rings (SSSR count). The maximum atomic E-state index is 5.47. The van der Waals surface area contributed by atoms with Crippen LogP contribution < -0.4 is 0 Å². The lowest BCUT2D eigenvalue weighted by Crippen LogP contribution is -2.44. The average molecular weight is 328 g/mol. The van der Waals surface area contributed by atoms with E-state index in [2.05, 4.69) is 44.4 Å². The van der Waals surface area contributed by atoms with Crippen molar-refractivity contribution < 1.29 is 4.74 Å². The van der Waals surface area contributed by atoms with Crippen molar-refractivity contribution in [1.29, 1.82) is 0 Å². The number of aromatic nitrogens is 2. The van der Waals surface area contributed by atoms with Crippen molar-refractivity contribution in [3.63, 3.8) is 0 Å². The molecular formula is C19H28N4O. The Morgan fingerprint density at radius 3 is 2.96 bits per heavy atom. The molecule has 0 amide bonds. The van der Waals surface area contributed by atoms with Crippen LogP contribution in [0.4, 0.5) is 0 Å². The summed E-state index contributed by atoms with van der Waals surface area (Å²) in [6, 6.07) is 4.32. The van der Waals surface area contributed by atoms with Crippen LogP contribution in [-0.4, -0.2) is 65.1 Å². The molecule has 0 radical (unpaired) electrons. The molecule has 2 aliphatic rings. The number of aryl methyl sites for hydroxylation is 1. The number of morpholine rings is 1. The first-order chi connectivity index (χ1) is 11.8. The van der Waals surface area contributed by atoms with E-state index in [0.29, 0.717) is 0 Å². The second-order valence-corrected chi connectivity index (χ2v) is 7.34. The molecule has 1 atom stereocenters. The van der Waals surface area contributed by atoms with E-state index in [4.69, 9.17) is 4.74 Å². The van der Waals surface area contributed by atoms with Gasteiger partial charge in [0.15, 0.2) is 0 Å². The summed E-state index contributed by atoms with van der Waals surface area (Å²) in [6.45, 7) is 10.8. The number of pyridine rings is 1. The van der Waals surface area contributed by atoms with E-state index in [1.54, 1.807) is 0 Å². The number of rotatable bonds is 4. The van der Waals surface area contributed by atoms with E-state index in [1.165, 1.54) is 43.7 Å². The number of hydrogen-bond acceptors (Lipinski definition) is 4. The Kier molecular flexibility index (Phi) is 4.83. The highest BCUT2D eigenvalue weighted by molar-refractivity contribution is 5.42. The fraction of sp³-hybridized carbons (Fsp3) is 0.632. The summed E-state index contributed by atoms with van der Waals surface area (Å²) in [6.07, 6.45) is 6.87. The summed E-state index contributed by atoms with van der Waals surface area (Å²) >= 11 is 0. The Hall–Kier alpha value is -1.43. The zero-order chi connectivity index (χ0) is 16.4. The highest BCUT2D eigenvalue weighted by atomic mass is 16.5. The molecule has 4 heterocycles. The molecule has 5 heteroatoms. The summed E-state index contributed by atoms with van der Waals surface area (Å²) in [5.41, 5.74) is 3.63. The number of fused-ring (bicyclic) bond motifs is 1. The molecule has 2 aromatic rings. The van der Waals surface area contributed by atoms with Gasteiger partial charge in [0.05, 0.1) is 25.1 Å². The molecule has 2 aromatic heterocycles. The Labute approximate surface area is 144 Å². The third kappa shape index (κ3) is 3.63. The van der Waals surface area contributed by atoms with Crippen LogP contribution in [0, 0.1) is 12.8 Å². The molecule has 0 bridgehead atoms. The average Bonchev–Trinajstić information content (AvgIpc) is 2.98. The van der Waals surface area contributed by atoms with Gasteiger partial charge < -0.3 is 9.14 Å². The number of imidazole rings is 1. The number of ether oxygens (including phenoxy) is 1. The Morgan fingerprint density at radius 1 is 1.21 bits per heavy atom. The normalized spacial score (nSPS) is 23.8. The van der Waals surface area contributed by atoms with E-state index in [0.717, 1.165) is 44.4 Å². The van der Waals surface area contributed by atoms with Gasteiger partial charge in [-0.15, -0.1) is 0 Å². The van der Waals surface area contributed by atoms with Gasteiger partial charge in [-0.05, 0) is 49.9 Å². The lowest BCUT2D eigenvalue weighted by Gasteiger charge is -2.36. The van der Waals surface area contributed by atoms with E-state index in [9.17, 15) is 0 Å². The predicted molar refractivity (Wildman–Crippen MR) is 95.2 cm³/mol. The van der Waals surface area contributed by atoms with Crippen molar-refractivity contribution in [1.82, 2.24) is 19.2 Å². The van der Waals surface area contributed by atoms with Gasteiger partial charge in [0.2, 0.25) is 0 Å². The molecule has 0 spiro atoms. The minimum atomic E-state index is 0.790. The molecular weight excluding hydrogens is 300 g/mol. The number of hydrogen-bond donors (Lipinski definition) is 0. The largest absolute Gasteiger partial charge is 0.379 e. The van der Waals surface area contributed by atoms with E-state index >= 15 is 0 Å². The van der Waals surface area contributed by atoms with Crippen molar-refractivity contribution in [2.75, 3.05) is 45.9 Å². The molecule has 0 aliphatic carbocycles. The number of piperidine rings is 1. The van der Waals surface area contributed by atoms with Crippen molar-refractivity contribution in [2.45, 2.75) is 26.3 Å². The lowest BCUT2D eigenvalue weighted by molar-refractivity contribution is 0.0223. The van der Waals surface area contributed by atoms with Gasteiger partial charge in [-0.3, -0.25) is 9.80 Å². The van der Waals surface area contributed by atoms with Crippen molar-refractivity contribution in [3.8, 4) is 0 Å². The second kappa shape index (κ2) is 7.21. The Morgan fingerprint density at radius 2 is 2.08 bits per heavy atom. The first-order valence-corrected chi connectivity index (χ1v) is 9.23. The molecule has 2 fully saturated rings. The molecule has 0 aromatic carbocycles. The summed E-state index contributed by atoms with van der Waals surface area (Å²) in [4.78, 5) is 9.76. The van der Waals surface area contributed by atoms with Gasteiger partial charge in [0.25, 0.3) is 0 Å². The number of likely N-dealkylation sites (tertiary alicyclic amines) is 1. The first-order valence-electron chi connectivity index (χ1n) is 9.23. The van der Waals surface area contributed by atoms with Crippen LogP contribution in [-0.2, 0) is 11.3 Å². The first kappa shape index (κ1) is 16.1. The topological polar surface area (TPSA) is 33.0 Å². The highest BCUT2D eigenvalue weighted by Gasteiger charge is 2.23. The van der Waals surface area contributed by atoms with E-state index in [-0.39, 0.29) is 0 Å². The highest BCUT2D eigenvalue weighted by Crippen LogP contribution is 2.20. The molecule has 2 aliphatic heterocycles. The van der Waals surface area contributed by atoms with E-state index < -0.39 is 0 Å². The standard InChI is InChI=1S/C19H28N4O/c1-16-4-6-23-18(12-20-19(23)11-16)15-22-5-2-3-17(14-22)13-21-7-9-24-10-8-21/h4,6,11-12,17H,2-3,5,7-10,13-15H2,1H3/t17-/m0/s1. The van der Waals surface area contributed by atoms with Crippen molar-refractivity contribution in [2.24, 2.45) is 5.92 Å². The summed E-state index contributed by atoms with van der Waals surface area (Å²) in [5, 5.41) is 0. The van der Waals surface area contributed by atoms with Crippen LogP contribution in [0.3, 0.4) is 0 Å². The summed E-state index contributed by atoms with van der Waals surface area (Å²) in [5.74, 6) is 0.790. The van der Waals surface area contributed by atoms with Crippen molar-refractivity contribution in [3.05, 3.63) is 35.8 Å². The fourth-order valence-corrected chi connectivity index (χ4v) is 4.07. The smallest absolute Gasteiger partial charge is 0.137 e. The van der Waals surface area contributed by atoms with Gasteiger partial charge in [0.1, 0.15) is 5.65 Å². The third-order valence-electron chi connectivity index (χ3n) is 5.35. The number of nitrogens with zero attached hydrogens (tertiary/aromatic N) is 4. The van der Waals surface area contributed by atoms with Gasteiger partial charge in [0, 0.05) is 38.9 Å². The molecule has 0 saturated carbocycles. The maximum absolute atomic E-state index is 5.47. The Bertz CT molecular complexity index is 677. The second-order valence-electron chi connectivity index (χ2n) is 7.34. The zero-order valence-corrected chi connectivity index (χ0v) is 14.7. The monoisotopic (exact) mass is 328 g/mol.